The van der Waals surface area contributed by atoms with Gasteiger partial charge in [-0.15, -0.1) is 0 Å². The Balaban J connectivity index is 1.56. The lowest BCUT2D eigenvalue weighted by atomic mass is 9.73. The predicted molar refractivity (Wildman–Crippen MR) is 110 cm³/mol. The predicted octanol–water partition coefficient (Wildman–Crippen LogP) is 3.00. The standard InChI is InChI=1S/C23H28FN3O2/c1-16-13-25-11-10-20(16)27-14-23(15-27,12-17-6-2-3-7-18(17)24)22(29)26-19-8-4-5-9-21(19)28/h2-3,6-7,10-11,13,19,21,28H,4-5,8-9,12,14-15H2,1H3,(H,26,29)/t19-,21-/m0/s1. The van der Waals surface area contributed by atoms with Crippen LogP contribution in [0.15, 0.2) is 42.7 Å². The highest BCUT2D eigenvalue weighted by molar-refractivity contribution is 5.87. The third-order valence-electron chi connectivity index (χ3n) is 6.33. The van der Waals surface area contributed by atoms with Crippen LogP contribution in [0, 0.1) is 18.2 Å². The van der Waals surface area contributed by atoms with Crippen LogP contribution in [0.1, 0.15) is 36.8 Å². The maximum Gasteiger partial charge on any atom is 0.230 e. The van der Waals surface area contributed by atoms with Gasteiger partial charge in [-0.1, -0.05) is 31.0 Å². The SMILES string of the molecule is Cc1cnccc1N1CC(Cc2ccccc2F)(C(=O)N[C@H]2CCCC[C@@H]2O)C1. The first kappa shape index (κ1) is 19.8. The van der Waals surface area contributed by atoms with Gasteiger partial charge < -0.3 is 15.3 Å². The van der Waals surface area contributed by atoms with Gasteiger partial charge in [0.1, 0.15) is 5.82 Å². The molecule has 0 unspecified atom stereocenters. The molecule has 1 saturated heterocycles. The molecule has 1 saturated carbocycles. The fourth-order valence-electron chi connectivity index (χ4n) is 4.62. The van der Waals surface area contributed by atoms with Crippen LogP contribution in [0.5, 0.6) is 0 Å². The first-order chi connectivity index (χ1) is 14.0. The van der Waals surface area contributed by atoms with Crippen molar-refractivity contribution in [1.29, 1.82) is 0 Å². The van der Waals surface area contributed by atoms with Gasteiger partial charge in [-0.05, 0) is 49.4 Å². The molecular formula is C23H28FN3O2. The van der Waals surface area contributed by atoms with E-state index < -0.39 is 11.5 Å². The Labute approximate surface area is 171 Å². The maximum atomic E-state index is 14.4. The van der Waals surface area contributed by atoms with E-state index in [1.54, 1.807) is 24.4 Å². The number of anilines is 1. The van der Waals surface area contributed by atoms with E-state index in [2.05, 4.69) is 15.2 Å². The first-order valence-corrected chi connectivity index (χ1v) is 10.4. The van der Waals surface area contributed by atoms with E-state index in [1.165, 1.54) is 6.07 Å². The molecule has 2 heterocycles. The number of pyridine rings is 1. The minimum absolute atomic E-state index is 0.0883. The quantitative estimate of drug-likeness (QED) is 0.814. The number of hydrogen-bond acceptors (Lipinski definition) is 4. The van der Waals surface area contributed by atoms with Crippen molar-refractivity contribution in [1.82, 2.24) is 10.3 Å². The number of aromatic nitrogens is 1. The molecule has 2 N–H and O–H groups in total. The second-order valence-electron chi connectivity index (χ2n) is 8.50. The second kappa shape index (κ2) is 8.11. The van der Waals surface area contributed by atoms with Crippen LogP contribution in [-0.2, 0) is 11.2 Å². The summed E-state index contributed by atoms with van der Waals surface area (Å²) >= 11 is 0. The number of nitrogens with zero attached hydrogens (tertiary/aromatic N) is 2. The third-order valence-corrected chi connectivity index (χ3v) is 6.33. The van der Waals surface area contributed by atoms with Crippen molar-refractivity contribution in [3.63, 3.8) is 0 Å². The monoisotopic (exact) mass is 397 g/mol. The van der Waals surface area contributed by atoms with Crippen LogP contribution in [0.4, 0.5) is 10.1 Å². The van der Waals surface area contributed by atoms with Gasteiger partial charge in [-0.3, -0.25) is 9.78 Å². The van der Waals surface area contributed by atoms with E-state index in [0.717, 1.165) is 30.5 Å². The summed E-state index contributed by atoms with van der Waals surface area (Å²) in [5, 5.41) is 13.4. The number of aliphatic hydroxyl groups is 1. The normalized spacial score (nSPS) is 23.3. The zero-order valence-corrected chi connectivity index (χ0v) is 16.8. The molecule has 1 aliphatic carbocycles. The lowest BCUT2D eigenvalue weighted by Gasteiger charge is -2.51. The number of hydrogen-bond donors (Lipinski definition) is 2. The molecule has 2 fully saturated rings. The minimum atomic E-state index is -0.713. The van der Waals surface area contributed by atoms with E-state index in [4.69, 9.17) is 0 Å². The molecule has 1 aromatic heterocycles. The van der Waals surface area contributed by atoms with Gasteiger partial charge >= 0.3 is 0 Å². The number of amides is 1. The van der Waals surface area contributed by atoms with E-state index in [0.29, 0.717) is 31.5 Å². The van der Waals surface area contributed by atoms with Gasteiger partial charge in [0.05, 0.1) is 17.6 Å². The number of carbonyl (C=O) groups is 1. The zero-order valence-electron chi connectivity index (χ0n) is 16.8. The first-order valence-electron chi connectivity index (χ1n) is 10.4. The molecule has 154 valence electrons. The number of benzene rings is 1. The highest BCUT2D eigenvalue weighted by Crippen LogP contribution is 2.39. The molecule has 2 aliphatic rings. The molecule has 1 amide bonds. The molecule has 29 heavy (non-hydrogen) atoms. The topological polar surface area (TPSA) is 65.5 Å². The van der Waals surface area contributed by atoms with Crippen molar-refractivity contribution >= 4 is 11.6 Å². The van der Waals surface area contributed by atoms with Gasteiger partial charge in [0.25, 0.3) is 0 Å². The molecule has 2 atom stereocenters. The van der Waals surface area contributed by atoms with Crippen molar-refractivity contribution in [3.8, 4) is 0 Å². The lowest BCUT2D eigenvalue weighted by molar-refractivity contribution is -0.134. The molecule has 1 aromatic carbocycles. The summed E-state index contributed by atoms with van der Waals surface area (Å²) in [5.41, 5.74) is 1.94. The van der Waals surface area contributed by atoms with E-state index in [-0.39, 0.29) is 17.8 Å². The molecular weight excluding hydrogens is 369 g/mol. The smallest absolute Gasteiger partial charge is 0.230 e. The Kier molecular flexibility index (Phi) is 5.54. The summed E-state index contributed by atoms with van der Waals surface area (Å²) < 4.78 is 14.4. The Hall–Kier alpha value is -2.47. The van der Waals surface area contributed by atoms with Crippen LogP contribution in [0.25, 0.3) is 0 Å². The summed E-state index contributed by atoms with van der Waals surface area (Å²) in [5.74, 6) is -0.370. The van der Waals surface area contributed by atoms with E-state index in [1.807, 2.05) is 19.2 Å². The summed E-state index contributed by atoms with van der Waals surface area (Å²) in [7, 11) is 0. The van der Waals surface area contributed by atoms with Gasteiger partial charge in [0.2, 0.25) is 5.91 Å². The Bertz CT molecular complexity index is 882. The van der Waals surface area contributed by atoms with Gasteiger partial charge in [0, 0.05) is 31.2 Å². The molecule has 1 aliphatic heterocycles. The molecule has 6 heteroatoms. The molecule has 0 spiro atoms. The van der Waals surface area contributed by atoms with Crippen LogP contribution in [0.2, 0.25) is 0 Å². The molecule has 0 radical (unpaired) electrons. The van der Waals surface area contributed by atoms with Gasteiger partial charge in [-0.2, -0.15) is 0 Å². The van der Waals surface area contributed by atoms with Crippen molar-refractivity contribution in [2.45, 2.75) is 51.2 Å². The van der Waals surface area contributed by atoms with Crippen LogP contribution in [-0.4, -0.2) is 41.2 Å². The van der Waals surface area contributed by atoms with Crippen LogP contribution in [0.3, 0.4) is 0 Å². The van der Waals surface area contributed by atoms with Crippen LogP contribution < -0.4 is 10.2 Å². The fourth-order valence-corrected chi connectivity index (χ4v) is 4.62. The van der Waals surface area contributed by atoms with Crippen molar-refractivity contribution in [3.05, 3.63) is 59.7 Å². The second-order valence-corrected chi connectivity index (χ2v) is 8.50. The molecule has 4 rings (SSSR count). The largest absolute Gasteiger partial charge is 0.391 e. The summed E-state index contributed by atoms with van der Waals surface area (Å²) in [6, 6.07) is 8.39. The van der Waals surface area contributed by atoms with Gasteiger partial charge in [0.15, 0.2) is 0 Å². The maximum absolute atomic E-state index is 14.4. The third kappa shape index (κ3) is 3.99. The minimum Gasteiger partial charge on any atom is -0.391 e. The Morgan fingerprint density at radius 1 is 1.28 bits per heavy atom. The molecule has 0 bridgehead atoms. The van der Waals surface area contributed by atoms with Crippen molar-refractivity contribution < 1.29 is 14.3 Å². The number of carbonyl (C=O) groups excluding carboxylic acids is 1. The summed E-state index contributed by atoms with van der Waals surface area (Å²) in [6.07, 6.45) is 6.89. The van der Waals surface area contributed by atoms with Gasteiger partial charge in [-0.25, -0.2) is 4.39 Å². The Morgan fingerprint density at radius 3 is 2.76 bits per heavy atom. The number of rotatable bonds is 5. The molecule has 2 aromatic rings. The average Bonchev–Trinajstić information content (AvgIpc) is 2.68. The summed E-state index contributed by atoms with van der Waals surface area (Å²) in [4.78, 5) is 19.6. The van der Waals surface area contributed by atoms with E-state index >= 15 is 0 Å². The highest BCUT2D eigenvalue weighted by atomic mass is 19.1. The van der Waals surface area contributed by atoms with E-state index in [9.17, 15) is 14.3 Å². The highest BCUT2D eigenvalue weighted by Gasteiger charge is 2.50. The lowest BCUT2D eigenvalue weighted by Crippen LogP contribution is -2.66. The Morgan fingerprint density at radius 2 is 2.03 bits per heavy atom. The van der Waals surface area contributed by atoms with Crippen LogP contribution >= 0.6 is 0 Å². The molecule has 5 nitrogen and oxygen atoms in total. The fraction of sp³-hybridized carbons (Fsp3) is 0.478. The zero-order chi connectivity index (χ0) is 20.4. The van der Waals surface area contributed by atoms with Crippen molar-refractivity contribution in [2.75, 3.05) is 18.0 Å². The number of halogens is 1. The average molecular weight is 397 g/mol. The number of aryl methyl sites for hydroxylation is 1. The van der Waals surface area contributed by atoms with Crippen molar-refractivity contribution in [2.24, 2.45) is 5.41 Å². The summed E-state index contributed by atoms with van der Waals surface area (Å²) in [6.45, 7) is 3.03. The number of nitrogens with one attached hydrogen (secondary N) is 1. The number of aliphatic hydroxyl groups excluding tert-OH is 1.